The number of carbonyl (C=O) groups excluding carboxylic acids is 2. The lowest BCUT2D eigenvalue weighted by atomic mass is 9.68. The smallest absolute Gasteiger partial charge is 0.310 e. The predicted molar refractivity (Wildman–Crippen MR) is 115 cm³/mol. The van der Waals surface area contributed by atoms with Crippen molar-refractivity contribution in [1.29, 1.82) is 0 Å². The van der Waals surface area contributed by atoms with E-state index in [0.29, 0.717) is 37.2 Å². The van der Waals surface area contributed by atoms with Crippen molar-refractivity contribution in [2.45, 2.75) is 79.2 Å². The maximum absolute atomic E-state index is 12.2. The molecule has 0 heterocycles. The molecule has 1 saturated carbocycles. The molecular formula is C25H38O4. The van der Waals surface area contributed by atoms with Crippen LogP contribution >= 0.6 is 0 Å². The molecule has 1 atom stereocenters. The molecule has 0 aliphatic heterocycles. The number of carbonyl (C=O) groups is 2. The Morgan fingerprint density at radius 3 is 2.21 bits per heavy atom. The van der Waals surface area contributed by atoms with E-state index in [1.807, 2.05) is 37.3 Å². The highest BCUT2D eigenvalue weighted by Gasteiger charge is 2.35. The number of hydrogen-bond donors (Lipinski definition) is 0. The van der Waals surface area contributed by atoms with Crippen LogP contribution in [0.1, 0.15) is 72.3 Å². The summed E-state index contributed by atoms with van der Waals surface area (Å²) in [5.74, 6) is 1.03. The normalized spacial score (nSPS) is 20.9. The largest absolute Gasteiger partial charge is 0.465 e. The van der Waals surface area contributed by atoms with Gasteiger partial charge in [0, 0.05) is 11.8 Å². The van der Waals surface area contributed by atoms with Gasteiger partial charge in [0.1, 0.15) is 6.10 Å². The minimum atomic E-state index is -0.167. The Kier molecular flexibility index (Phi) is 8.73. The first-order valence-corrected chi connectivity index (χ1v) is 11.1. The molecule has 1 aromatic carbocycles. The van der Waals surface area contributed by atoms with Gasteiger partial charge in [0.05, 0.1) is 13.0 Å². The van der Waals surface area contributed by atoms with E-state index < -0.39 is 0 Å². The van der Waals surface area contributed by atoms with E-state index >= 15 is 0 Å². The fourth-order valence-electron chi connectivity index (χ4n) is 3.97. The molecule has 0 bridgehead atoms. The van der Waals surface area contributed by atoms with Gasteiger partial charge >= 0.3 is 11.9 Å². The monoisotopic (exact) mass is 402 g/mol. The molecule has 1 aromatic rings. The second-order valence-electron chi connectivity index (χ2n) is 9.67. The lowest BCUT2D eigenvalue weighted by Crippen LogP contribution is -2.34. The van der Waals surface area contributed by atoms with Crippen molar-refractivity contribution in [3.63, 3.8) is 0 Å². The fraction of sp³-hybridized carbons (Fsp3) is 0.680. The molecule has 0 unspecified atom stereocenters. The van der Waals surface area contributed by atoms with Crippen LogP contribution in [0.15, 0.2) is 30.3 Å². The highest BCUT2D eigenvalue weighted by molar-refractivity contribution is 5.72. The Balaban J connectivity index is 1.73. The molecular weight excluding hydrogens is 364 g/mol. The van der Waals surface area contributed by atoms with Crippen molar-refractivity contribution in [3.05, 3.63) is 35.9 Å². The van der Waals surface area contributed by atoms with E-state index in [-0.39, 0.29) is 23.5 Å². The molecule has 29 heavy (non-hydrogen) atoms. The Morgan fingerprint density at radius 1 is 1.00 bits per heavy atom. The molecule has 0 radical (unpaired) electrons. The van der Waals surface area contributed by atoms with Gasteiger partial charge in [-0.3, -0.25) is 9.59 Å². The number of benzene rings is 1. The summed E-state index contributed by atoms with van der Waals surface area (Å²) in [4.78, 5) is 24.3. The zero-order chi connectivity index (χ0) is 21.4. The molecule has 4 heteroatoms. The summed E-state index contributed by atoms with van der Waals surface area (Å²) in [7, 11) is 0. The fourth-order valence-corrected chi connectivity index (χ4v) is 3.97. The summed E-state index contributed by atoms with van der Waals surface area (Å²) in [6, 6.07) is 9.70. The van der Waals surface area contributed by atoms with Crippen LogP contribution in [0.2, 0.25) is 0 Å². The van der Waals surface area contributed by atoms with Crippen LogP contribution in [0.25, 0.3) is 0 Å². The summed E-state index contributed by atoms with van der Waals surface area (Å²) in [6.07, 6.45) is 5.04. The highest BCUT2D eigenvalue weighted by atomic mass is 16.5. The third kappa shape index (κ3) is 7.83. The molecule has 0 saturated heterocycles. The number of rotatable bonds is 9. The quantitative estimate of drug-likeness (QED) is 0.506. The third-order valence-corrected chi connectivity index (χ3v) is 6.46. The van der Waals surface area contributed by atoms with E-state index in [1.165, 1.54) is 0 Å². The lowest BCUT2D eigenvalue weighted by molar-refractivity contribution is -0.152. The Bertz CT molecular complexity index is 642. The molecule has 1 aliphatic rings. The van der Waals surface area contributed by atoms with Gasteiger partial charge in [0.2, 0.25) is 0 Å². The van der Waals surface area contributed by atoms with Gasteiger partial charge in [-0.2, -0.15) is 0 Å². The van der Waals surface area contributed by atoms with Crippen LogP contribution in [-0.2, 0) is 25.5 Å². The van der Waals surface area contributed by atoms with Gasteiger partial charge in [-0.15, -0.1) is 0 Å². The average molecular weight is 403 g/mol. The van der Waals surface area contributed by atoms with Crippen LogP contribution in [0.5, 0.6) is 0 Å². The molecule has 0 aromatic heterocycles. The SMILES string of the molecule is CC(C)[C@@H](C)OC(=O)CC1CCC(C(C)(C)COC(=O)Cc2ccccc2)CC1. The van der Waals surface area contributed by atoms with Gasteiger partial charge in [0.25, 0.3) is 0 Å². The Morgan fingerprint density at radius 2 is 1.62 bits per heavy atom. The lowest BCUT2D eigenvalue weighted by Gasteiger charge is -2.38. The Labute approximate surface area is 176 Å². The summed E-state index contributed by atoms with van der Waals surface area (Å²) in [5.41, 5.74) is 0.929. The van der Waals surface area contributed by atoms with Crippen molar-refractivity contribution >= 4 is 11.9 Å². The van der Waals surface area contributed by atoms with Gasteiger partial charge in [0.15, 0.2) is 0 Å². The van der Waals surface area contributed by atoms with Gasteiger partial charge in [-0.25, -0.2) is 0 Å². The molecule has 1 aliphatic carbocycles. The first-order valence-electron chi connectivity index (χ1n) is 11.1. The molecule has 2 rings (SSSR count). The summed E-state index contributed by atoms with van der Waals surface area (Å²) >= 11 is 0. The minimum Gasteiger partial charge on any atom is -0.465 e. The van der Waals surface area contributed by atoms with Crippen molar-refractivity contribution in [1.82, 2.24) is 0 Å². The summed E-state index contributed by atoms with van der Waals surface area (Å²) < 4.78 is 11.1. The van der Waals surface area contributed by atoms with Gasteiger partial charge < -0.3 is 9.47 Å². The summed E-state index contributed by atoms with van der Waals surface area (Å²) in [6.45, 7) is 10.9. The average Bonchev–Trinajstić information content (AvgIpc) is 2.67. The molecule has 0 amide bonds. The van der Waals surface area contributed by atoms with Crippen molar-refractivity contribution in [3.8, 4) is 0 Å². The second kappa shape index (κ2) is 10.8. The van der Waals surface area contributed by atoms with E-state index in [2.05, 4.69) is 27.7 Å². The maximum Gasteiger partial charge on any atom is 0.310 e. The maximum atomic E-state index is 12.2. The first kappa shape index (κ1) is 23.4. The van der Waals surface area contributed by atoms with E-state index in [4.69, 9.17) is 9.47 Å². The Hall–Kier alpha value is -1.84. The standard InChI is InChI=1S/C25H38O4/c1-18(2)19(3)29-24(27)16-21-11-13-22(14-12-21)25(4,5)17-28-23(26)15-20-9-7-6-8-10-20/h6-10,18-19,21-22H,11-17H2,1-5H3/t19-,21?,22?/m1/s1. The van der Waals surface area contributed by atoms with E-state index in [0.717, 1.165) is 31.2 Å². The zero-order valence-corrected chi connectivity index (χ0v) is 18.8. The third-order valence-electron chi connectivity index (χ3n) is 6.46. The van der Waals surface area contributed by atoms with Crippen molar-refractivity contribution in [2.75, 3.05) is 6.61 Å². The van der Waals surface area contributed by atoms with E-state index in [1.54, 1.807) is 0 Å². The number of ether oxygens (including phenoxy) is 2. The zero-order valence-electron chi connectivity index (χ0n) is 18.8. The van der Waals surface area contributed by atoms with Crippen LogP contribution in [0.3, 0.4) is 0 Å². The molecule has 1 fully saturated rings. The predicted octanol–water partition coefficient (Wildman–Crippen LogP) is 5.58. The molecule has 4 nitrogen and oxygen atoms in total. The minimum absolute atomic E-state index is 0.0247. The van der Waals surface area contributed by atoms with Crippen LogP contribution in [-0.4, -0.2) is 24.6 Å². The van der Waals surface area contributed by atoms with Crippen LogP contribution in [0.4, 0.5) is 0 Å². The molecule has 0 spiro atoms. The van der Waals surface area contributed by atoms with Crippen LogP contribution < -0.4 is 0 Å². The second-order valence-corrected chi connectivity index (χ2v) is 9.67. The highest BCUT2D eigenvalue weighted by Crippen LogP contribution is 2.41. The van der Waals surface area contributed by atoms with Gasteiger partial charge in [-0.1, -0.05) is 58.0 Å². The number of hydrogen-bond acceptors (Lipinski definition) is 4. The summed E-state index contributed by atoms with van der Waals surface area (Å²) in [5, 5.41) is 0. The van der Waals surface area contributed by atoms with Crippen molar-refractivity contribution < 1.29 is 19.1 Å². The number of esters is 2. The first-order chi connectivity index (χ1) is 13.7. The topological polar surface area (TPSA) is 52.6 Å². The van der Waals surface area contributed by atoms with Crippen LogP contribution in [0, 0.1) is 23.2 Å². The molecule has 162 valence electrons. The molecule has 0 N–H and O–H groups in total. The van der Waals surface area contributed by atoms with E-state index in [9.17, 15) is 9.59 Å². The van der Waals surface area contributed by atoms with Gasteiger partial charge in [-0.05, 0) is 55.9 Å². The van der Waals surface area contributed by atoms with Crippen molar-refractivity contribution in [2.24, 2.45) is 23.2 Å².